The summed E-state index contributed by atoms with van der Waals surface area (Å²) in [6.45, 7) is 3.61. The van der Waals surface area contributed by atoms with Gasteiger partial charge in [-0.25, -0.2) is 23.1 Å². The van der Waals surface area contributed by atoms with Crippen LogP contribution in [0.15, 0.2) is 47.8 Å². The van der Waals surface area contributed by atoms with Crippen molar-refractivity contribution in [3.8, 4) is 11.6 Å². The fourth-order valence-electron chi connectivity index (χ4n) is 3.29. The van der Waals surface area contributed by atoms with Crippen LogP contribution in [-0.2, 0) is 10.0 Å². The largest absolute Gasteiger partial charge is 0.495 e. The SMILES string of the molecule is COc1ccc(S(=O)(=O)N2CCN(c3cc(-n4ccc(C)n4)ncn3)CC2)cc1Cl. The lowest BCUT2D eigenvalue weighted by Crippen LogP contribution is -2.49. The highest BCUT2D eigenvalue weighted by Gasteiger charge is 2.29. The highest BCUT2D eigenvalue weighted by atomic mass is 35.5. The van der Waals surface area contributed by atoms with Crippen molar-refractivity contribution < 1.29 is 13.2 Å². The number of hydrogen-bond donors (Lipinski definition) is 0. The van der Waals surface area contributed by atoms with E-state index in [0.29, 0.717) is 37.7 Å². The molecule has 0 saturated carbocycles. The van der Waals surface area contributed by atoms with E-state index in [1.165, 1.54) is 29.9 Å². The molecule has 11 heteroatoms. The molecule has 0 N–H and O–H groups in total. The fourth-order valence-corrected chi connectivity index (χ4v) is 5.06. The number of ether oxygens (including phenoxy) is 1. The van der Waals surface area contributed by atoms with Crippen LogP contribution in [0.5, 0.6) is 5.75 Å². The highest BCUT2D eigenvalue weighted by Crippen LogP contribution is 2.29. The van der Waals surface area contributed by atoms with E-state index in [9.17, 15) is 8.42 Å². The summed E-state index contributed by atoms with van der Waals surface area (Å²) in [7, 11) is -2.16. The third-order valence-corrected chi connectivity index (χ3v) is 7.11. The zero-order chi connectivity index (χ0) is 21.3. The zero-order valence-corrected chi connectivity index (χ0v) is 18.1. The van der Waals surface area contributed by atoms with Crippen LogP contribution >= 0.6 is 11.6 Å². The summed E-state index contributed by atoms with van der Waals surface area (Å²) < 4.78 is 34.2. The molecule has 4 rings (SSSR count). The maximum atomic E-state index is 13.0. The number of halogens is 1. The maximum absolute atomic E-state index is 13.0. The van der Waals surface area contributed by atoms with Gasteiger partial charge in [0.2, 0.25) is 10.0 Å². The lowest BCUT2D eigenvalue weighted by Gasteiger charge is -2.34. The van der Waals surface area contributed by atoms with Crippen LogP contribution in [0.25, 0.3) is 5.82 Å². The number of sulfonamides is 1. The summed E-state index contributed by atoms with van der Waals surface area (Å²) in [4.78, 5) is 10.8. The number of hydrogen-bond acceptors (Lipinski definition) is 7. The summed E-state index contributed by atoms with van der Waals surface area (Å²) >= 11 is 6.11. The van der Waals surface area contributed by atoms with Gasteiger partial charge in [-0.3, -0.25) is 0 Å². The second kappa shape index (κ2) is 8.21. The van der Waals surface area contributed by atoms with Crippen molar-refractivity contribution in [1.82, 2.24) is 24.1 Å². The number of aryl methyl sites for hydroxylation is 1. The highest BCUT2D eigenvalue weighted by molar-refractivity contribution is 7.89. The molecule has 0 atom stereocenters. The van der Waals surface area contributed by atoms with Crippen LogP contribution in [0.1, 0.15) is 5.69 Å². The average molecular weight is 449 g/mol. The Balaban J connectivity index is 1.48. The molecule has 0 bridgehead atoms. The Kier molecular flexibility index (Phi) is 5.63. The molecule has 0 radical (unpaired) electrons. The van der Waals surface area contributed by atoms with Crippen LogP contribution in [-0.4, -0.2) is 65.8 Å². The maximum Gasteiger partial charge on any atom is 0.243 e. The minimum Gasteiger partial charge on any atom is -0.495 e. The molecular formula is C19H21ClN6O3S. The molecule has 1 saturated heterocycles. The van der Waals surface area contributed by atoms with Gasteiger partial charge >= 0.3 is 0 Å². The van der Waals surface area contributed by atoms with Crippen molar-refractivity contribution in [1.29, 1.82) is 0 Å². The van der Waals surface area contributed by atoms with E-state index in [2.05, 4.69) is 15.1 Å². The molecule has 3 aromatic rings. The third-order valence-electron chi connectivity index (χ3n) is 4.92. The lowest BCUT2D eigenvalue weighted by atomic mass is 10.3. The molecular weight excluding hydrogens is 428 g/mol. The summed E-state index contributed by atoms with van der Waals surface area (Å²) in [5.74, 6) is 1.83. The van der Waals surface area contributed by atoms with Gasteiger partial charge in [-0.15, -0.1) is 0 Å². The molecule has 30 heavy (non-hydrogen) atoms. The number of benzene rings is 1. The van der Waals surface area contributed by atoms with Gasteiger partial charge in [-0.2, -0.15) is 9.40 Å². The first-order chi connectivity index (χ1) is 14.4. The van der Waals surface area contributed by atoms with Gasteiger partial charge in [0, 0.05) is 38.4 Å². The monoisotopic (exact) mass is 448 g/mol. The Morgan fingerprint density at radius 1 is 1.03 bits per heavy atom. The second-order valence-electron chi connectivity index (χ2n) is 6.82. The first-order valence-corrected chi connectivity index (χ1v) is 11.1. The van der Waals surface area contributed by atoms with Gasteiger partial charge < -0.3 is 9.64 Å². The van der Waals surface area contributed by atoms with E-state index in [4.69, 9.17) is 16.3 Å². The standard InChI is InChI=1S/C19H21ClN6O3S/c1-14-5-6-26(23-14)19-12-18(21-13-22-19)24-7-9-25(10-8-24)30(27,28)15-3-4-17(29-2)16(20)11-15/h3-6,11-13H,7-10H2,1-2H3. The molecule has 158 valence electrons. The number of methoxy groups -OCH3 is 1. The third kappa shape index (κ3) is 3.98. The van der Waals surface area contributed by atoms with E-state index in [0.717, 1.165) is 11.5 Å². The van der Waals surface area contributed by atoms with E-state index in [1.807, 2.05) is 30.2 Å². The number of piperazine rings is 1. The summed E-state index contributed by atoms with van der Waals surface area (Å²) in [6.07, 6.45) is 3.33. The van der Waals surface area contributed by atoms with E-state index < -0.39 is 10.0 Å². The first-order valence-electron chi connectivity index (χ1n) is 9.32. The van der Waals surface area contributed by atoms with E-state index >= 15 is 0 Å². The predicted molar refractivity (Wildman–Crippen MR) is 113 cm³/mol. The number of anilines is 1. The zero-order valence-electron chi connectivity index (χ0n) is 16.6. The van der Waals surface area contributed by atoms with Gasteiger partial charge in [0.1, 0.15) is 17.9 Å². The van der Waals surface area contributed by atoms with Crippen molar-refractivity contribution in [2.24, 2.45) is 0 Å². The molecule has 0 spiro atoms. The van der Waals surface area contributed by atoms with Gasteiger partial charge in [-0.05, 0) is 31.2 Å². The Hall–Kier alpha value is -2.69. The minimum atomic E-state index is -3.64. The first kappa shape index (κ1) is 20.6. The molecule has 1 fully saturated rings. The summed E-state index contributed by atoms with van der Waals surface area (Å²) in [5.41, 5.74) is 0.896. The number of rotatable bonds is 5. The summed E-state index contributed by atoms with van der Waals surface area (Å²) in [5, 5.41) is 4.63. The van der Waals surface area contributed by atoms with Gasteiger partial charge in [-0.1, -0.05) is 11.6 Å². The van der Waals surface area contributed by atoms with Crippen LogP contribution in [0.4, 0.5) is 5.82 Å². The molecule has 2 aromatic heterocycles. The van der Waals surface area contributed by atoms with Crippen LogP contribution < -0.4 is 9.64 Å². The summed E-state index contributed by atoms with van der Waals surface area (Å²) in [6, 6.07) is 8.24. The quantitative estimate of drug-likeness (QED) is 0.590. The van der Waals surface area contributed by atoms with E-state index in [-0.39, 0.29) is 9.92 Å². The van der Waals surface area contributed by atoms with Crippen LogP contribution in [0, 0.1) is 6.92 Å². The molecule has 3 heterocycles. The minimum absolute atomic E-state index is 0.153. The average Bonchev–Trinajstić information content (AvgIpc) is 3.20. The van der Waals surface area contributed by atoms with Crippen molar-refractivity contribution >= 4 is 27.4 Å². The molecule has 1 aliphatic heterocycles. The van der Waals surface area contributed by atoms with Gasteiger partial charge in [0.25, 0.3) is 0 Å². The van der Waals surface area contributed by atoms with Crippen molar-refractivity contribution in [2.45, 2.75) is 11.8 Å². The predicted octanol–water partition coefficient (Wildman–Crippen LogP) is 2.14. The lowest BCUT2D eigenvalue weighted by molar-refractivity contribution is 0.383. The van der Waals surface area contributed by atoms with Crippen molar-refractivity contribution in [3.05, 3.63) is 53.6 Å². The van der Waals surface area contributed by atoms with Gasteiger partial charge in [0.05, 0.1) is 22.7 Å². The molecule has 9 nitrogen and oxygen atoms in total. The van der Waals surface area contributed by atoms with Crippen LogP contribution in [0.2, 0.25) is 5.02 Å². The van der Waals surface area contributed by atoms with Gasteiger partial charge in [0.15, 0.2) is 5.82 Å². The molecule has 1 aromatic carbocycles. The number of nitrogens with zero attached hydrogens (tertiary/aromatic N) is 6. The fraction of sp³-hybridized carbons (Fsp3) is 0.316. The molecule has 0 amide bonds. The second-order valence-corrected chi connectivity index (χ2v) is 9.17. The topological polar surface area (TPSA) is 93.5 Å². The van der Waals surface area contributed by atoms with Crippen molar-refractivity contribution in [3.63, 3.8) is 0 Å². The molecule has 1 aliphatic rings. The Morgan fingerprint density at radius 3 is 2.40 bits per heavy atom. The van der Waals surface area contributed by atoms with Crippen LogP contribution in [0.3, 0.4) is 0 Å². The smallest absolute Gasteiger partial charge is 0.243 e. The van der Waals surface area contributed by atoms with Crippen molar-refractivity contribution in [2.75, 3.05) is 38.2 Å². The number of aromatic nitrogens is 4. The molecule has 0 unspecified atom stereocenters. The Bertz CT molecular complexity index is 1160. The Labute approximate surface area is 179 Å². The molecule has 0 aliphatic carbocycles. The normalized spacial score (nSPS) is 15.4. The van der Waals surface area contributed by atoms with E-state index in [1.54, 1.807) is 10.7 Å². The Morgan fingerprint density at radius 2 is 1.77 bits per heavy atom.